The lowest BCUT2D eigenvalue weighted by Gasteiger charge is -2.54. The van der Waals surface area contributed by atoms with Crippen molar-refractivity contribution in [2.24, 2.45) is 23.7 Å². The first-order valence-corrected chi connectivity index (χ1v) is 9.29. The lowest BCUT2D eigenvalue weighted by Crippen LogP contribution is -2.56. The van der Waals surface area contributed by atoms with Crippen LogP contribution < -0.4 is 10.6 Å². The number of nitrogens with one attached hydrogen (secondary N) is 2. The van der Waals surface area contributed by atoms with Crippen LogP contribution in [0.5, 0.6) is 0 Å². The van der Waals surface area contributed by atoms with Crippen LogP contribution in [0.2, 0.25) is 0 Å². The Morgan fingerprint density at radius 1 is 1.05 bits per heavy atom. The summed E-state index contributed by atoms with van der Waals surface area (Å²) < 4.78 is 0. The molecule has 0 unspecified atom stereocenters. The fraction of sp³-hybridized carbons (Fsp3) is 0.632. The van der Waals surface area contributed by atoms with Crippen LogP contribution in [0.15, 0.2) is 24.3 Å². The van der Waals surface area contributed by atoms with Crippen LogP contribution in [-0.2, 0) is 6.42 Å². The standard InChI is InChI=1S/C19H26N2S/c1-2-14-5-3-4-6-17(14)20-19(22)21-18-15-8-12-7-13(10-15)11-16(18)9-12/h3-6,12-13,15-16,18H,2,7-11H2,1H3,(H2,20,21,22). The van der Waals surface area contributed by atoms with E-state index >= 15 is 0 Å². The summed E-state index contributed by atoms with van der Waals surface area (Å²) in [4.78, 5) is 0. The van der Waals surface area contributed by atoms with Crippen molar-refractivity contribution in [1.82, 2.24) is 5.32 Å². The van der Waals surface area contributed by atoms with Crippen LogP contribution in [0.1, 0.15) is 44.6 Å². The quantitative estimate of drug-likeness (QED) is 0.811. The Labute approximate surface area is 139 Å². The highest BCUT2D eigenvalue weighted by molar-refractivity contribution is 7.80. The average molecular weight is 314 g/mol. The molecule has 0 saturated heterocycles. The van der Waals surface area contributed by atoms with Gasteiger partial charge >= 0.3 is 0 Å². The van der Waals surface area contributed by atoms with E-state index in [9.17, 15) is 0 Å². The minimum atomic E-state index is 0.613. The van der Waals surface area contributed by atoms with Crippen LogP contribution in [0.3, 0.4) is 0 Å². The second kappa shape index (κ2) is 5.84. The van der Waals surface area contributed by atoms with E-state index in [0.717, 1.165) is 40.9 Å². The molecule has 22 heavy (non-hydrogen) atoms. The molecule has 4 aliphatic rings. The maximum absolute atomic E-state index is 5.62. The lowest BCUT2D eigenvalue weighted by atomic mass is 9.54. The summed E-state index contributed by atoms with van der Waals surface area (Å²) in [5.41, 5.74) is 2.49. The second-order valence-corrected chi connectivity index (χ2v) is 7.97. The summed E-state index contributed by atoms with van der Waals surface area (Å²) in [6.45, 7) is 2.19. The Balaban J connectivity index is 1.42. The molecule has 4 bridgehead atoms. The van der Waals surface area contributed by atoms with Crippen molar-refractivity contribution < 1.29 is 0 Å². The zero-order valence-electron chi connectivity index (χ0n) is 13.3. The molecule has 0 aliphatic heterocycles. The fourth-order valence-electron chi connectivity index (χ4n) is 5.42. The van der Waals surface area contributed by atoms with E-state index in [2.05, 4.69) is 41.8 Å². The van der Waals surface area contributed by atoms with Gasteiger partial charge in [-0.3, -0.25) is 0 Å². The van der Waals surface area contributed by atoms with Gasteiger partial charge in [-0.15, -0.1) is 0 Å². The van der Waals surface area contributed by atoms with Gasteiger partial charge < -0.3 is 10.6 Å². The van der Waals surface area contributed by atoms with Crippen molar-refractivity contribution in [3.8, 4) is 0 Å². The molecular weight excluding hydrogens is 288 g/mol. The molecule has 4 aliphatic carbocycles. The summed E-state index contributed by atoms with van der Waals surface area (Å²) in [6.07, 6.45) is 8.26. The summed E-state index contributed by atoms with van der Waals surface area (Å²) in [6, 6.07) is 9.09. The third kappa shape index (κ3) is 2.64. The summed E-state index contributed by atoms with van der Waals surface area (Å²) in [5.74, 6) is 3.75. The summed E-state index contributed by atoms with van der Waals surface area (Å²) >= 11 is 5.62. The van der Waals surface area contributed by atoms with Crippen molar-refractivity contribution in [3.05, 3.63) is 29.8 Å². The van der Waals surface area contributed by atoms with Gasteiger partial charge in [-0.1, -0.05) is 25.1 Å². The Bertz CT molecular complexity index is 540. The molecule has 118 valence electrons. The van der Waals surface area contributed by atoms with Crippen molar-refractivity contribution in [3.63, 3.8) is 0 Å². The number of rotatable bonds is 3. The molecule has 3 heteroatoms. The summed E-state index contributed by atoms with van der Waals surface area (Å²) in [7, 11) is 0. The predicted molar refractivity (Wildman–Crippen MR) is 96.0 cm³/mol. The van der Waals surface area contributed by atoms with E-state index in [-0.39, 0.29) is 0 Å². The van der Waals surface area contributed by atoms with E-state index in [0.29, 0.717) is 6.04 Å². The van der Waals surface area contributed by atoms with Crippen LogP contribution in [0, 0.1) is 23.7 Å². The lowest BCUT2D eigenvalue weighted by molar-refractivity contribution is -0.00665. The Morgan fingerprint density at radius 2 is 1.68 bits per heavy atom. The molecule has 0 heterocycles. The normalized spacial score (nSPS) is 35.4. The van der Waals surface area contributed by atoms with Gasteiger partial charge in [0.1, 0.15) is 0 Å². The average Bonchev–Trinajstić information content (AvgIpc) is 2.51. The minimum Gasteiger partial charge on any atom is -0.359 e. The van der Waals surface area contributed by atoms with Crippen molar-refractivity contribution in [2.75, 3.05) is 5.32 Å². The van der Waals surface area contributed by atoms with Gasteiger partial charge in [0.15, 0.2) is 5.11 Å². The highest BCUT2D eigenvalue weighted by atomic mass is 32.1. The first kappa shape index (κ1) is 14.5. The van der Waals surface area contributed by atoms with E-state index < -0.39 is 0 Å². The van der Waals surface area contributed by atoms with Crippen molar-refractivity contribution >= 4 is 23.0 Å². The largest absolute Gasteiger partial charge is 0.359 e. The fourth-order valence-corrected chi connectivity index (χ4v) is 5.67. The first-order valence-electron chi connectivity index (χ1n) is 8.88. The third-order valence-corrected chi connectivity index (χ3v) is 6.39. The van der Waals surface area contributed by atoms with Gasteiger partial charge in [0.05, 0.1) is 0 Å². The number of anilines is 1. The Morgan fingerprint density at radius 3 is 2.32 bits per heavy atom. The van der Waals surface area contributed by atoms with E-state index in [4.69, 9.17) is 12.2 Å². The maximum atomic E-state index is 5.62. The molecule has 0 radical (unpaired) electrons. The van der Waals surface area contributed by atoms with Crippen molar-refractivity contribution in [1.29, 1.82) is 0 Å². The molecular formula is C19H26N2S. The van der Waals surface area contributed by atoms with E-state index in [1.165, 1.54) is 37.7 Å². The van der Waals surface area contributed by atoms with Gasteiger partial charge in [-0.25, -0.2) is 0 Å². The predicted octanol–water partition coefficient (Wildman–Crippen LogP) is 4.36. The second-order valence-electron chi connectivity index (χ2n) is 7.57. The molecule has 4 saturated carbocycles. The van der Waals surface area contributed by atoms with Gasteiger partial charge in [0, 0.05) is 11.7 Å². The molecule has 0 spiro atoms. The minimum absolute atomic E-state index is 0.613. The van der Waals surface area contributed by atoms with Gasteiger partial charge in [-0.05, 0) is 86.0 Å². The number of benzene rings is 1. The molecule has 0 atom stereocenters. The Kier molecular flexibility index (Phi) is 3.85. The van der Waals surface area contributed by atoms with Gasteiger partial charge in [0.25, 0.3) is 0 Å². The zero-order chi connectivity index (χ0) is 15.1. The number of para-hydroxylation sites is 1. The number of hydrogen-bond donors (Lipinski definition) is 2. The molecule has 4 fully saturated rings. The van der Waals surface area contributed by atoms with Crippen LogP contribution >= 0.6 is 12.2 Å². The number of thiocarbonyl (C=S) groups is 1. The third-order valence-electron chi connectivity index (χ3n) is 6.17. The monoisotopic (exact) mass is 314 g/mol. The molecule has 1 aromatic rings. The highest BCUT2D eigenvalue weighted by Crippen LogP contribution is 2.53. The molecule has 0 aromatic heterocycles. The van der Waals surface area contributed by atoms with Gasteiger partial charge in [-0.2, -0.15) is 0 Å². The molecule has 0 amide bonds. The number of aryl methyl sites for hydroxylation is 1. The van der Waals surface area contributed by atoms with Crippen LogP contribution in [0.4, 0.5) is 5.69 Å². The topological polar surface area (TPSA) is 24.1 Å². The van der Waals surface area contributed by atoms with Crippen molar-refractivity contribution in [2.45, 2.75) is 51.5 Å². The van der Waals surface area contributed by atoms with E-state index in [1.807, 2.05) is 0 Å². The first-order chi connectivity index (χ1) is 10.7. The summed E-state index contributed by atoms with van der Waals surface area (Å²) in [5, 5.41) is 7.94. The molecule has 5 rings (SSSR count). The Hall–Kier alpha value is -1.09. The smallest absolute Gasteiger partial charge is 0.171 e. The maximum Gasteiger partial charge on any atom is 0.171 e. The van der Waals surface area contributed by atoms with Gasteiger partial charge in [0.2, 0.25) is 0 Å². The molecule has 1 aromatic carbocycles. The van der Waals surface area contributed by atoms with Crippen LogP contribution in [-0.4, -0.2) is 11.2 Å². The van der Waals surface area contributed by atoms with E-state index in [1.54, 1.807) is 0 Å². The molecule has 2 N–H and O–H groups in total. The molecule has 2 nitrogen and oxygen atoms in total. The SMILES string of the molecule is CCc1ccccc1NC(=S)NC1C2CC3CC(C2)CC1C3. The van der Waals surface area contributed by atoms with Crippen LogP contribution in [0.25, 0.3) is 0 Å². The highest BCUT2D eigenvalue weighted by Gasteiger charge is 2.48. The number of hydrogen-bond acceptors (Lipinski definition) is 1. The zero-order valence-corrected chi connectivity index (χ0v) is 14.2.